The number of ether oxygens (including phenoxy) is 1. The SMILES string of the molecule is C=C(C)C(=O)OCCC[Si](OCCCCCCCCCCCC)(OCCCCCCCCCCCC)OCCCCCCCCCCCC. The summed E-state index contributed by atoms with van der Waals surface area (Å²) in [6, 6.07) is 0.698. The van der Waals surface area contributed by atoms with Gasteiger partial charge >= 0.3 is 14.8 Å². The van der Waals surface area contributed by atoms with Crippen molar-refractivity contribution in [2.45, 2.75) is 233 Å². The highest BCUT2D eigenvalue weighted by Crippen LogP contribution is 2.22. The van der Waals surface area contributed by atoms with Gasteiger partial charge in [0.1, 0.15) is 0 Å². The molecule has 0 unspecified atom stereocenters. The predicted molar refractivity (Wildman–Crippen MR) is 214 cm³/mol. The van der Waals surface area contributed by atoms with Gasteiger partial charge in [0.2, 0.25) is 0 Å². The van der Waals surface area contributed by atoms with Crippen LogP contribution < -0.4 is 0 Å². The molecular weight excluding hydrogens is 625 g/mol. The molecule has 0 aliphatic carbocycles. The summed E-state index contributed by atoms with van der Waals surface area (Å²) in [5, 5.41) is 0. The fourth-order valence-corrected chi connectivity index (χ4v) is 9.00. The van der Waals surface area contributed by atoms with E-state index in [0.29, 0.717) is 44.5 Å². The number of rotatable bonds is 41. The minimum Gasteiger partial charge on any atom is -0.462 e. The molecule has 0 aromatic carbocycles. The maximum absolute atomic E-state index is 12.0. The van der Waals surface area contributed by atoms with E-state index < -0.39 is 8.80 Å². The van der Waals surface area contributed by atoms with Gasteiger partial charge in [-0.15, -0.1) is 0 Å². The van der Waals surface area contributed by atoms with Crippen LogP contribution in [0.4, 0.5) is 0 Å². The highest BCUT2D eigenvalue weighted by atomic mass is 28.4. The van der Waals surface area contributed by atoms with Crippen LogP contribution in [0.5, 0.6) is 0 Å². The van der Waals surface area contributed by atoms with Gasteiger partial charge in [-0.2, -0.15) is 0 Å². The molecule has 292 valence electrons. The molecule has 0 rings (SSSR count). The largest absolute Gasteiger partial charge is 0.501 e. The molecule has 6 heteroatoms. The van der Waals surface area contributed by atoms with Crippen LogP contribution in [0.15, 0.2) is 12.2 Å². The minimum atomic E-state index is -2.89. The molecule has 0 spiro atoms. The number of hydrogen-bond donors (Lipinski definition) is 0. The van der Waals surface area contributed by atoms with Gasteiger partial charge in [-0.3, -0.25) is 0 Å². The molecule has 0 radical (unpaired) electrons. The first kappa shape index (κ1) is 48.3. The quantitative estimate of drug-likeness (QED) is 0.0274. The van der Waals surface area contributed by atoms with Gasteiger partial charge in [0.25, 0.3) is 0 Å². The van der Waals surface area contributed by atoms with Gasteiger partial charge < -0.3 is 18.0 Å². The summed E-state index contributed by atoms with van der Waals surface area (Å²) in [6.07, 6.45) is 39.9. The molecule has 0 fully saturated rings. The maximum atomic E-state index is 12.0. The Balaban J connectivity index is 4.89. The molecule has 0 saturated carbocycles. The lowest BCUT2D eigenvalue weighted by Crippen LogP contribution is -2.47. The topological polar surface area (TPSA) is 54.0 Å². The second-order valence-corrected chi connectivity index (χ2v) is 17.5. The minimum absolute atomic E-state index is 0.323. The maximum Gasteiger partial charge on any atom is 0.501 e. The molecule has 0 amide bonds. The fraction of sp³-hybridized carbons (Fsp3) is 0.930. The first-order valence-corrected chi connectivity index (χ1v) is 23.7. The monoisotopic (exact) mass is 711 g/mol. The molecule has 0 aliphatic rings. The average molecular weight is 711 g/mol. The van der Waals surface area contributed by atoms with E-state index in [1.165, 1.54) is 173 Å². The van der Waals surface area contributed by atoms with E-state index in [4.69, 9.17) is 18.0 Å². The lowest BCUT2D eigenvalue weighted by molar-refractivity contribution is -0.139. The molecule has 0 aromatic rings. The number of unbranched alkanes of at least 4 members (excludes halogenated alkanes) is 27. The van der Waals surface area contributed by atoms with Crippen LogP contribution in [0.2, 0.25) is 6.04 Å². The summed E-state index contributed by atoms with van der Waals surface area (Å²) in [4.78, 5) is 12.0. The van der Waals surface area contributed by atoms with Gasteiger partial charge in [0.05, 0.1) is 6.61 Å². The summed E-state index contributed by atoms with van der Waals surface area (Å²) >= 11 is 0. The van der Waals surface area contributed by atoms with E-state index in [0.717, 1.165) is 19.3 Å². The Hall–Kier alpha value is -0.693. The van der Waals surface area contributed by atoms with Crippen molar-refractivity contribution in [2.75, 3.05) is 26.4 Å². The van der Waals surface area contributed by atoms with E-state index in [-0.39, 0.29) is 5.97 Å². The second-order valence-electron chi connectivity index (χ2n) is 14.8. The molecular formula is C43H86O5Si. The summed E-state index contributed by atoms with van der Waals surface area (Å²) in [5.74, 6) is -0.323. The molecule has 5 nitrogen and oxygen atoms in total. The highest BCUT2D eigenvalue weighted by molar-refractivity contribution is 6.60. The van der Waals surface area contributed by atoms with E-state index in [2.05, 4.69) is 27.4 Å². The Morgan fingerprint density at radius 1 is 0.408 bits per heavy atom. The van der Waals surface area contributed by atoms with Crippen molar-refractivity contribution < 1.29 is 22.8 Å². The normalized spacial score (nSPS) is 11.8. The Morgan fingerprint density at radius 3 is 0.939 bits per heavy atom. The summed E-state index contributed by atoms with van der Waals surface area (Å²) in [7, 11) is -2.89. The summed E-state index contributed by atoms with van der Waals surface area (Å²) in [6.45, 7) is 14.7. The molecule has 0 heterocycles. The van der Waals surface area contributed by atoms with E-state index in [1.54, 1.807) is 6.92 Å². The van der Waals surface area contributed by atoms with Gasteiger partial charge in [-0.1, -0.05) is 201 Å². The lowest BCUT2D eigenvalue weighted by atomic mass is 10.1. The third kappa shape index (κ3) is 34.2. The standard InChI is InChI=1S/C43H86O5Si/c1-6-9-12-15-18-21-24-27-30-33-38-46-49(41-36-37-45-43(44)42(4)5,47-39-34-31-28-25-22-19-16-13-10-7-2)48-40-35-32-29-26-23-20-17-14-11-8-3/h4,6-41H2,1-3,5H3. The predicted octanol–water partition coefficient (Wildman–Crippen LogP) is 14.2. The Morgan fingerprint density at radius 2 is 0.673 bits per heavy atom. The average Bonchev–Trinajstić information content (AvgIpc) is 3.10. The highest BCUT2D eigenvalue weighted by Gasteiger charge is 2.40. The third-order valence-corrected chi connectivity index (χ3v) is 12.6. The van der Waals surface area contributed by atoms with Crippen molar-refractivity contribution in [1.29, 1.82) is 0 Å². The Labute approximate surface area is 308 Å². The van der Waals surface area contributed by atoms with Crippen LogP contribution in [0.1, 0.15) is 227 Å². The molecule has 0 N–H and O–H groups in total. The van der Waals surface area contributed by atoms with Gasteiger partial charge in [-0.05, 0) is 32.6 Å². The molecule has 49 heavy (non-hydrogen) atoms. The van der Waals surface area contributed by atoms with Crippen LogP contribution in [-0.2, 0) is 22.8 Å². The van der Waals surface area contributed by atoms with Crippen LogP contribution in [-0.4, -0.2) is 41.2 Å². The van der Waals surface area contributed by atoms with Crippen molar-refractivity contribution in [1.82, 2.24) is 0 Å². The zero-order chi connectivity index (χ0) is 35.9. The van der Waals surface area contributed by atoms with Crippen LogP contribution >= 0.6 is 0 Å². The summed E-state index contributed by atoms with van der Waals surface area (Å²) in [5.41, 5.74) is 0.440. The first-order valence-electron chi connectivity index (χ1n) is 21.8. The van der Waals surface area contributed by atoms with Crippen molar-refractivity contribution in [2.24, 2.45) is 0 Å². The molecule has 0 saturated heterocycles. The molecule has 0 bridgehead atoms. The lowest BCUT2D eigenvalue weighted by Gasteiger charge is -2.30. The number of carbonyl (C=O) groups is 1. The van der Waals surface area contributed by atoms with Crippen LogP contribution in [0.3, 0.4) is 0 Å². The summed E-state index contributed by atoms with van der Waals surface area (Å²) < 4.78 is 25.5. The fourth-order valence-electron chi connectivity index (χ4n) is 6.37. The van der Waals surface area contributed by atoms with Gasteiger partial charge in [0, 0.05) is 31.4 Å². The van der Waals surface area contributed by atoms with Crippen molar-refractivity contribution in [3.05, 3.63) is 12.2 Å². The van der Waals surface area contributed by atoms with E-state index >= 15 is 0 Å². The number of carbonyl (C=O) groups excluding carboxylic acids is 1. The molecule has 0 atom stereocenters. The molecule has 0 aromatic heterocycles. The smallest absolute Gasteiger partial charge is 0.462 e. The number of hydrogen-bond acceptors (Lipinski definition) is 5. The third-order valence-electron chi connectivity index (χ3n) is 9.67. The Kier molecular flexibility index (Phi) is 38.0. The van der Waals surface area contributed by atoms with Gasteiger partial charge in [-0.25, -0.2) is 4.79 Å². The van der Waals surface area contributed by atoms with E-state index in [1.807, 2.05) is 0 Å². The Bertz CT molecular complexity index is 635. The van der Waals surface area contributed by atoms with Crippen molar-refractivity contribution >= 4 is 14.8 Å². The first-order chi connectivity index (χ1) is 24.0. The van der Waals surface area contributed by atoms with E-state index in [9.17, 15) is 4.79 Å². The van der Waals surface area contributed by atoms with Crippen LogP contribution in [0, 0.1) is 0 Å². The van der Waals surface area contributed by atoms with Gasteiger partial charge in [0.15, 0.2) is 0 Å². The van der Waals surface area contributed by atoms with Crippen LogP contribution in [0.25, 0.3) is 0 Å². The number of esters is 1. The zero-order valence-corrected chi connectivity index (χ0v) is 34.7. The second kappa shape index (κ2) is 38.5. The van der Waals surface area contributed by atoms with Crippen molar-refractivity contribution in [3.63, 3.8) is 0 Å². The van der Waals surface area contributed by atoms with Crippen molar-refractivity contribution in [3.8, 4) is 0 Å². The molecule has 0 aliphatic heterocycles. The zero-order valence-electron chi connectivity index (χ0n) is 33.7.